The summed E-state index contributed by atoms with van der Waals surface area (Å²) >= 11 is 0. The van der Waals surface area contributed by atoms with Crippen molar-refractivity contribution < 1.29 is 4.92 Å². The first-order valence-corrected chi connectivity index (χ1v) is 7.72. The average Bonchev–Trinajstić information content (AvgIpc) is 2.60. The van der Waals surface area contributed by atoms with Gasteiger partial charge in [0.15, 0.2) is 5.96 Å². The van der Waals surface area contributed by atoms with Gasteiger partial charge < -0.3 is 16.4 Å². The summed E-state index contributed by atoms with van der Waals surface area (Å²) in [5.41, 5.74) is 7.56. The molecule has 0 saturated carbocycles. The van der Waals surface area contributed by atoms with E-state index in [4.69, 9.17) is 5.73 Å². The Kier molecular flexibility index (Phi) is 9.30. The zero-order valence-electron chi connectivity index (χ0n) is 13.7. The van der Waals surface area contributed by atoms with Crippen molar-refractivity contribution in [3.8, 4) is 0 Å². The fourth-order valence-electron chi connectivity index (χ4n) is 2.18. The lowest BCUT2D eigenvalue weighted by atomic mass is 10.2. The van der Waals surface area contributed by atoms with Crippen LogP contribution in [0.5, 0.6) is 0 Å². The summed E-state index contributed by atoms with van der Waals surface area (Å²) in [6.07, 6.45) is 0.831. The van der Waals surface area contributed by atoms with Crippen LogP contribution >= 0.6 is 24.0 Å². The van der Waals surface area contributed by atoms with Crippen LogP contribution in [0.2, 0.25) is 0 Å². The highest BCUT2D eigenvalue weighted by Crippen LogP contribution is 2.22. The zero-order chi connectivity index (χ0) is 17.2. The third-order valence-electron chi connectivity index (χ3n) is 3.37. The second-order valence-corrected chi connectivity index (χ2v) is 5.13. The molecule has 7 nitrogen and oxygen atoms in total. The van der Waals surface area contributed by atoms with Crippen molar-refractivity contribution in [1.82, 2.24) is 5.32 Å². The molecule has 0 radical (unpaired) electrons. The van der Waals surface area contributed by atoms with Gasteiger partial charge >= 0.3 is 0 Å². The minimum Gasteiger partial charge on any atom is -0.378 e. The third-order valence-corrected chi connectivity index (χ3v) is 3.37. The van der Waals surface area contributed by atoms with Crippen LogP contribution in [0, 0.1) is 10.1 Å². The molecule has 0 saturated heterocycles. The van der Waals surface area contributed by atoms with Crippen molar-refractivity contribution >= 4 is 41.3 Å². The zero-order valence-corrected chi connectivity index (χ0v) is 16.1. The number of halogens is 1. The molecule has 134 valence electrons. The smallest absolute Gasteiger partial charge is 0.292 e. The summed E-state index contributed by atoms with van der Waals surface area (Å²) in [7, 11) is 0. The quantitative estimate of drug-likeness (QED) is 0.142. The van der Waals surface area contributed by atoms with Crippen LogP contribution in [0.1, 0.15) is 5.56 Å². The number of nitrogens with one attached hydrogen (secondary N) is 2. The molecule has 8 heteroatoms. The SMILES string of the molecule is I.NC(=NCCc1ccccc1)NCCNc1ccccc1[N+](=O)[O-]. The Bertz CT molecular complexity index is 694. The number of hydrogen-bond donors (Lipinski definition) is 3. The fraction of sp³-hybridized carbons (Fsp3) is 0.235. The number of aliphatic imine (C=N–C) groups is 1. The van der Waals surface area contributed by atoms with Gasteiger partial charge in [-0.1, -0.05) is 42.5 Å². The van der Waals surface area contributed by atoms with E-state index in [0.717, 1.165) is 6.42 Å². The van der Waals surface area contributed by atoms with E-state index in [0.29, 0.717) is 31.3 Å². The summed E-state index contributed by atoms with van der Waals surface area (Å²) in [6.45, 7) is 1.63. The van der Waals surface area contributed by atoms with Gasteiger partial charge in [-0.25, -0.2) is 0 Å². The lowest BCUT2D eigenvalue weighted by molar-refractivity contribution is -0.384. The molecule has 0 aliphatic carbocycles. The monoisotopic (exact) mass is 455 g/mol. The Balaban J connectivity index is 0.00000312. The van der Waals surface area contributed by atoms with Crippen molar-refractivity contribution in [3.05, 3.63) is 70.3 Å². The maximum Gasteiger partial charge on any atom is 0.292 e. The first-order chi connectivity index (χ1) is 11.7. The largest absolute Gasteiger partial charge is 0.378 e. The molecule has 0 fully saturated rings. The molecule has 25 heavy (non-hydrogen) atoms. The number of nitrogens with zero attached hydrogens (tertiary/aromatic N) is 2. The Hall–Kier alpha value is -2.36. The van der Waals surface area contributed by atoms with E-state index in [2.05, 4.69) is 27.8 Å². The second-order valence-electron chi connectivity index (χ2n) is 5.13. The molecule has 0 aromatic heterocycles. The van der Waals surface area contributed by atoms with E-state index in [1.54, 1.807) is 18.2 Å². The predicted octanol–water partition coefficient (Wildman–Crippen LogP) is 2.77. The molecule has 0 aliphatic heterocycles. The fourth-order valence-corrected chi connectivity index (χ4v) is 2.18. The van der Waals surface area contributed by atoms with Crippen LogP contribution in [0.3, 0.4) is 0 Å². The van der Waals surface area contributed by atoms with Crippen molar-refractivity contribution in [2.75, 3.05) is 25.0 Å². The molecule has 4 N–H and O–H groups in total. The molecule has 0 bridgehead atoms. The van der Waals surface area contributed by atoms with Gasteiger partial charge in [-0.2, -0.15) is 0 Å². The molecule has 2 aromatic rings. The Morgan fingerprint density at radius 3 is 2.48 bits per heavy atom. The topological polar surface area (TPSA) is 106 Å². The molecule has 2 aromatic carbocycles. The maximum absolute atomic E-state index is 10.9. The maximum atomic E-state index is 10.9. The van der Waals surface area contributed by atoms with Crippen molar-refractivity contribution in [2.24, 2.45) is 10.7 Å². The van der Waals surface area contributed by atoms with Crippen molar-refractivity contribution in [3.63, 3.8) is 0 Å². The van der Waals surface area contributed by atoms with E-state index >= 15 is 0 Å². The normalized spacial score (nSPS) is 10.6. The molecule has 2 rings (SSSR count). The predicted molar refractivity (Wildman–Crippen MR) is 112 cm³/mol. The standard InChI is InChI=1S/C17H21N5O2.HI/c18-17(20-11-10-14-6-2-1-3-7-14)21-13-12-19-15-8-4-5-9-16(15)22(23)24;/h1-9,19H,10-13H2,(H3,18,20,21);1H. The molecule has 0 spiro atoms. The molecule has 0 unspecified atom stereocenters. The number of nitro groups is 1. The van der Waals surface area contributed by atoms with Gasteiger partial charge in [0.2, 0.25) is 0 Å². The third kappa shape index (κ3) is 7.38. The second kappa shape index (κ2) is 11.2. The number of nitrogens with two attached hydrogens (primary N) is 1. The molecule has 0 aliphatic rings. The number of nitro benzene ring substituents is 1. The van der Waals surface area contributed by atoms with Gasteiger partial charge in [-0.3, -0.25) is 15.1 Å². The number of anilines is 1. The minimum absolute atomic E-state index is 0. The van der Waals surface area contributed by atoms with Crippen LogP contribution in [0.15, 0.2) is 59.6 Å². The van der Waals surface area contributed by atoms with Crippen LogP contribution in [0.4, 0.5) is 11.4 Å². The highest BCUT2D eigenvalue weighted by atomic mass is 127. The summed E-state index contributed by atoms with van der Waals surface area (Å²) in [5, 5.41) is 16.9. The first kappa shape index (κ1) is 20.7. The van der Waals surface area contributed by atoms with Crippen LogP contribution < -0.4 is 16.4 Å². The highest BCUT2D eigenvalue weighted by Gasteiger charge is 2.10. The number of para-hydroxylation sites is 2. The van der Waals surface area contributed by atoms with Crippen LogP contribution in [0.25, 0.3) is 0 Å². The first-order valence-electron chi connectivity index (χ1n) is 7.72. The number of hydrogen-bond acceptors (Lipinski definition) is 4. The van der Waals surface area contributed by atoms with Gasteiger partial charge in [0.25, 0.3) is 5.69 Å². The lowest BCUT2D eigenvalue weighted by Crippen LogP contribution is -2.35. The molecular weight excluding hydrogens is 433 g/mol. The molecule has 0 atom stereocenters. The van der Waals surface area contributed by atoms with E-state index < -0.39 is 4.92 Å². The van der Waals surface area contributed by atoms with Gasteiger partial charge in [0.05, 0.1) is 4.92 Å². The Labute approximate surface area is 163 Å². The van der Waals surface area contributed by atoms with E-state index in [1.807, 2.05) is 18.2 Å². The van der Waals surface area contributed by atoms with Crippen LogP contribution in [-0.2, 0) is 6.42 Å². The highest BCUT2D eigenvalue weighted by molar-refractivity contribution is 14.0. The van der Waals surface area contributed by atoms with Gasteiger partial charge in [-0.05, 0) is 18.1 Å². The Morgan fingerprint density at radius 2 is 1.76 bits per heavy atom. The Morgan fingerprint density at radius 1 is 1.08 bits per heavy atom. The van der Waals surface area contributed by atoms with Crippen molar-refractivity contribution in [2.45, 2.75) is 6.42 Å². The number of guanidine groups is 1. The van der Waals surface area contributed by atoms with E-state index in [9.17, 15) is 10.1 Å². The van der Waals surface area contributed by atoms with Crippen molar-refractivity contribution in [1.29, 1.82) is 0 Å². The molecular formula is C17H22IN5O2. The summed E-state index contributed by atoms with van der Waals surface area (Å²) in [6, 6.07) is 16.6. The molecule has 0 heterocycles. The van der Waals surface area contributed by atoms with Gasteiger partial charge in [0.1, 0.15) is 5.69 Å². The van der Waals surface area contributed by atoms with Crippen LogP contribution in [-0.4, -0.2) is 30.5 Å². The summed E-state index contributed by atoms with van der Waals surface area (Å²) in [4.78, 5) is 14.8. The van der Waals surface area contributed by atoms with Gasteiger partial charge in [-0.15, -0.1) is 24.0 Å². The number of rotatable bonds is 8. The van der Waals surface area contributed by atoms with E-state index in [-0.39, 0.29) is 29.7 Å². The minimum atomic E-state index is -0.408. The van der Waals surface area contributed by atoms with E-state index in [1.165, 1.54) is 11.6 Å². The average molecular weight is 455 g/mol. The molecule has 0 amide bonds. The summed E-state index contributed by atoms with van der Waals surface area (Å²) < 4.78 is 0. The summed E-state index contributed by atoms with van der Waals surface area (Å²) in [5.74, 6) is 0.371. The number of benzene rings is 2. The van der Waals surface area contributed by atoms with Gasteiger partial charge in [0, 0.05) is 25.7 Å². The lowest BCUT2D eigenvalue weighted by Gasteiger charge is -2.08.